The van der Waals surface area contributed by atoms with Crippen molar-refractivity contribution in [3.63, 3.8) is 0 Å². The highest BCUT2D eigenvalue weighted by molar-refractivity contribution is 8.14. The van der Waals surface area contributed by atoms with Gasteiger partial charge in [-0.05, 0) is 64.9 Å². The van der Waals surface area contributed by atoms with Gasteiger partial charge in [-0.25, -0.2) is 13.2 Å². The molecule has 0 fully saturated rings. The topological polar surface area (TPSA) is 43.1 Å². The lowest BCUT2D eigenvalue weighted by Gasteiger charge is -2.34. The highest BCUT2D eigenvalue weighted by atomic mass is 32.2. The molecule has 0 spiro atoms. The van der Waals surface area contributed by atoms with Gasteiger partial charge in [-0.2, -0.15) is 0 Å². The summed E-state index contributed by atoms with van der Waals surface area (Å²) in [5.41, 5.74) is 7.15. The highest BCUT2D eigenvalue weighted by Gasteiger charge is 2.39. The summed E-state index contributed by atoms with van der Waals surface area (Å²) in [5, 5.41) is -0.678. The third-order valence-electron chi connectivity index (χ3n) is 4.01. The maximum absolute atomic E-state index is 13.5. The van der Waals surface area contributed by atoms with Crippen molar-refractivity contribution < 1.29 is 18.0 Å². The number of hydrogen-bond acceptors (Lipinski definition) is 2. The fraction of sp³-hybridized carbons (Fsp3) is 0.0500. The molecule has 0 saturated carbocycles. The Bertz CT molecular complexity index is 798. The number of hydrogen-bond donors (Lipinski definition) is 1. The Hall–Kier alpha value is -2.73. The van der Waals surface area contributed by atoms with E-state index in [9.17, 15) is 18.0 Å². The van der Waals surface area contributed by atoms with Crippen molar-refractivity contribution in [1.82, 2.24) is 0 Å². The molecule has 2 N–H and O–H groups in total. The first-order chi connectivity index (χ1) is 12.4. The third-order valence-corrected chi connectivity index (χ3v) is 5.22. The van der Waals surface area contributed by atoms with Crippen LogP contribution in [-0.4, -0.2) is 5.24 Å². The van der Waals surface area contributed by atoms with Gasteiger partial charge in [0, 0.05) is 0 Å². The van der Waals surface area contributed by atoms with Crippen LogP contribution in [0, 0.1) is 17.5 Å². The fourth-order valence-corrected chi connectivity index (χ4v) is 3.95. The van der Waals surface area contributed by atoms with E-state index in [-0.39, 0.29) is 0 Å². The summed E-state index contributed by atoms with van der Waals surface area (Å²) in [6.07, 6.45) is 0. The Labute approximate surface area is 152 Å². The number of primary amides is 1. The van der Waals surface area contributed by atoms with Gasteiger partial charge in [0.05, 0.1) is 0 Å². The normalized spacial score (nSPS) is 11.3. The SMILES string of the molecule is NC(=O)SC(c1ccc(F)cc1)(c1ccc(F)cc1)c1ccc(F)cc1. The first-order valence-corrected chi connectivity index (χ1v) is 8.50. The second-order valence-corrected chi connectivity index (χ2v) is 6.84. The molecule has 26 heavy (non-hydrogen) atoms. The van der Waals surface area contributed by atoms with Gasteiger partial charge < -0.3 is 5.73 Å². The molecule has 0 bridgehead atoms. The molecule has 0 aliphatic rings. The van der Waals surface area contributed by atoms with Gasteiger partial charge in [-0.1, -0.05) is 36.4 Å². The molecule has 132 valence electrons. The lowest BCUT2D eigenvalue weighted by Crippen LogP contribution is -2.29. The molecule has 0 saturated heterocycles. The van der Waals surface area contributed by atoms with Crippen LogP contribution in [0.1, 0.15) is 16.7 Å². The molecule has 0 aromatic heterocycles. The average Bonchev–Trinajstić information content (AvgIpc) is 2.62. The van der Waals surface area contributed by atoms with Crippen LogP contribution in [0.25, 0.3) is 0 Å². The van der Waals surface area contributed by atoms with Gasteiger partial charge in [0.1, 0.15) is 22.2 Å². The van der Waals surface area contributed by atoms with Crippen LogP contribution < -0.4 is 5.73 Å². The molecule has 0 atom stereocenters. The minimum atomic E-state index is -1.18. The minimum Gasteiger partial charge on any atom is -0.360 e. The Balaban J connectivity index is 2.33. The summed E-state index contributed by atoms with van der Waals surface area (Å²) in [7, 11) is 0. The predicted octanol–water partition coefficient (Wildman–Crippen LogP) is 5.21. The first-order valence-electron chi connectivity index (χ1n) is 7.68. The lowest BCUT2D eigenvalue weighted by molar-refractivity contribution is 0.267. The molecular formula is C20H14F3NOS. The number of nitrogens with two attached hydrogens (primary N) is 1. The van der Waals surface area contributed by atoms with E-state index in [0.29, 0.717) is 16.7 Å². The molecule has 0 aliphatic heterocycles. The number of benzene rings is 3. The van der Waals surface area contributed by atoms with Crippen molar-refractivity contribution >= 4 is 17.0 Å². The van der Waals surface area contributed by atoms with E-state index in [1.54, 1.807) is 0 Å². The maximum atomic E-state index is 13.5. The van der Waals surface area contributed by atoms with Crippen molar-refractivity contribution in [2.75, 3.05) is 0 Å². The van der Waals surface area contributed by atoms with Crippen LogP contribution in [0.15, 0.2) is 72.8 Å². The Morgan fingerprint density at radius 1 is 0.654 bits per heavy atom. The van der Waals surface area contributed by atoms with Crippen molar-refractivity contribution in [1.29, 1.82) is 0 Å². The summed E-state index contributed by atoms with van der Waals surface area (Å²) < 4.78 is 39.2. The van der Waals surface area contributed by atoms with Gasteiger partial charge in [-0.15, -0.1) is 0 Å². The molecule has 3 rings (SSSR count). The molecule has 0 aliphatic carbocycles. The van der Waals surface area contributed by atoms with E-state index in [1.165, 1.54) is 72.8 Å². The zero-order chi connectivity index (χ0) is 18.7. The lowest BCUT2D eigenvalue weighted by atomic mass is 9.84. The molecule has 0 radical (unpaired) electrons. The van der Waals surface area contributed by atoms with Crippen LogP contribution in [0.2, 0.25) is 0 Å². The van der Waals surface area contributed by atoms with Gasteiger partial charge >= 0.3 is 0 Å². The third kappa shape index (κ3) is 3.46. The molecule has 0 heterocycles. The van der Waals surface area contributed by atoms with Gasteiger partial charge in [0.15, 0.2) is 0 Å². The molecule has 2 nitrogen and oxygen atoms in total. The van der Waals surface area contributed by atoms with Gasteiger partial charge in [0.25, 0.3) is 5.24 Å². The molecule has 6 heteroatoms. The zero-order valence-electron chi connectivity index (χ0n) is 13.5. The number of halogens is 3. The standard InChI is InChI=1S/C20H14F3NOS/c21-16-7-1-13(2-8-16)20(26-19(24)25,14-3-9-17(22)10-4-14)15-5-11-18(23)12-6-15/h1-12H,(H2,24,25). The van der Waals surface area contributed by atoms with E-state index in [4.69, 9.17) is 5.73 Å². The smallest absolute Gasteiger partial charge is 0.278 e. The van der Waals surface area contributed by atoms with Crippen LogP contribution >= 0.6 is 11.8 Å². The Morgan fingerprint density at radius 3 is 1.15 bits per heavy atom. The Kier molecular flexibility index (Phi) is 5.04. The molecule has 3 aromatic rings. The number of carbonyl (C=O) groups excluding carboxylic acids is 1. The predicted molar refractivity (Wildman–Crippen MR) is 96.3 cm³/mol. The monoisotopic (exact) mass is 373 g/mol. The number of carbonyl (C=O) groups is 1. The molecule has 0 unspecified atom stereocenters. The number of rotatable bonds is 4. The molecule has 3 aromatic carbocycles. The second-order valence-electron chi connectivity index (χ2n) is 5.62. The average molecular weight is 373 g/mol. The summed E-state index contributed by atoms with van der Waals surface area (Å²) in [6, 6.07) is 16.7. The van der Waals surface area contributed by atoms with Crippen molar-refractivity contribution in [2.24, 2.45) is 5.73 Å². The van der Waals surface area contributed by atoms with Crippen LogP contribution in [0.5, 0.6) is 0 Å². The number of thioether (sulfide) groups is 1. The van der Waals surface area contributed by atoms with Crippen molar-refractivity contribution in [3.05, 3.63) is 107 Å². The minimum absolute atomic E-state index is 0.440. The summed E-state index contributed by atoms with van der Waals surface area (Å²) in [5.74, 6) is -1.32. The summed E-state index contributed by atoms with van der Waals surface area (Å²) in [6.45, 7) is 0. The quantitative estimate of drug-likeness (QED) is 0.638. The van der Waals surface area contributed by atoms with E-state index in [2.05, 4.69) is 0 Å². The van der Waals surface area contributed by atoms with Crippen LogP contribution in [-0.2, 0) is 4.75 Å². The Morgan fingerprint density at radius 2 is 0.923 bits per heavy atom. The fourth-order valence-electron chi connectivity index (χ4n) is 2.88. The largest absolute Gasteiger partial charge is 0.360 e. The van der Waals surface area contributed by atoms with Gasteiger partial charge in [0.2, 0.25) is 0 Å². The molecule has 1 amide bonds. The maximum Gasteiger partial charge on any atom is 0.278 e. The van der Waals surface area contributed by atoms with Crippen molar-refractivity contribution in [3.8, 4) is 0 Å². The zero-order valence-corrected chi connectivity index (χ0v) is 14.3. The summed E-state index contributed by atoms with van der Waals surface area (Å²) >= 11 is 0.795. The van der Waals surface area contributed by atoms with E-state index >= 15 is 0 Å². The van der Waals surface area contributed by atoms with Crippen molar-refractivity contribution in [2.45, 2.75) is 4.75 Å². The second kappa shape index (κ2) is 7.25. The van der Waals surface area contributed by atoms with Gasteiger partial charge in [-0.3, -0.25) is 4.79 Å². The van der Waals surface area contributed by atoms with E-state index in [0.717, 1.165) is 11.8 Å². The van der Waals surface area contributed by atoms with Crippen LogP contribution in [0.3, 0.4) is 0 Å². The number of amides is 1. The molecular weight excluding hydrogens is 359 g/mol. The van der Waals surface area contributed by atoms with E-state index < -0.39 is 27.4 Å². The highest BCUT2D eigenvalue weighted by Crippen LogP contribution is 2.48. The van der Waals surface area contributed by atoms with E-state index in [1.807, 2.05) is 0 Å². The summed E-state index contributed by atoms with van der Waals surface area (Å²) in [4.78, 5) is 11.9. The van der Waals surface area contributed by atoms with Crippen LogP contribution in [0.4, 0.5) is 18.0 Å². The first kappa shape index (κ1) is 18.1.